The van der Waals surface area contributed by atoms with Crippen LogP contribution in [0.4, 0.5) is 5.69 Å². The first kappa shape index (κ1) is 17.0. The van der Waals surface area contributed by atoms with Gasteiger partial charge in [0, 0.05) is 16.3 Å². The van der Waals surface area contributed by atoms with Crippen molar-refractivity contribution in [3.63, 3.8) is 0 Å². The van der Waals surface area contributed by atoms with Crippen LogP contribution >= 0.6 is 34.7 Å². The van der Waals surface area contributed by atoms with Crippen LogP contribution < -0.4 is 5.32 Å². The van der Waals surface area contributed by atoms with Crippen molar-refractivity contribution < 1.29 is 4.79 Å². The van der Waals surface area contributed by atoms with Gasteiger partial charge < -0.3 is 5.32 Å². The van der Waals surface area contributed by atoms with E-state index in [1.807, 2.05) is 36.4 Å². The fourth-order valence-corrected chi connectivity index (χ4v) is 4.30. The Kier molecular flexibility index (Phi) is 4.83. The molecule has 2 aromatic heterocycles. The number of carbonyl (C=O) groups is 1. The van der Waals surface area contributed by atoms with Gasteiger partial charge in [-0.25, -0.2) is 4.98 Å². The third-order valence-electron chi connectivity index (χ3n) is 3.41. The van der Waals surface area contributed by atoms with Crippen molar-refractivity contribution in [3.8, 4) is 11.4 Å². The number of tetrazole rings is 1. The molecule has 10 heteroatoms. The minimum absolute atomic E-state index is 0.113. The van der Waals surface area contributed by atoms with Crippen molar-refractivity contribution in [3.05, 3.63) is 47.5 Å². The standard InChI is InChI=1S/C16H11ClN6OS2/c17-10-4-5-13-12(7-10)19-16(26-13)25-8-14(24)18-11-3-1-2-9(6-11)15-20-22-23-21-15/h1-7H,8H2,(H,18,24)(H,20,21,22,23). The molecule has 0 fully saturated rings. The van der Waals surface area contributed by atoms with E-state index < -0.39 is 0 Å². The zero-order chi connectivity index (χ0) is 17.9. The van der Waals surface area contributed by atoms with E-state index in [9.17, 15) is 4.79 Å². The minimum atomic E-state index is -0.113. The smallest absolute Gasteiger partial charge is 0.234 e. The monoisotopic (exact) mass is 402 g/mol. The van der Waals surface area contributed by atoms with Crippen LogP contribution in [0.15, 0.2) is 46.8 Å². The summed E-state index contributed by atoms with van der Waals surface area (Å²) in [4.78, 5) is 16.7. The molecular weight excluding hydrogens is 392 g/mol. The number of thioether (sulfide) groups is 1. The van der Waals surface area contributed by atoms with Gasteiger partial charge >= 0.3 is 0 Å². The van der Waals surface area contributed by atoms with E-state index >= 15 is 0 Å². The molecule has 0 aliphatic carbocycles. The molecule has 2 aromatic carbocycles. The summed E-state index contributed by atoms with van der Waals surface area (Å²) in [6.45, 7) is 0. The zero-order valence-corrected chi connectivity index (χ0v) is 15.5. The Labute approximate surface area is 161 Å². The molecule has 7 nitrogen and oxygen atoms in total. The van der Waals surface area contributed by atoms with Gasteiger partial charge in [-0.3, -0.25) is 4.79 Å². The number of nitrogens with one attached hydrogen (secondary N) is 2. The molecule has 26 heavy (non-hydrogen) atoms. The van der Waals surface area contributed by atoms with Crippen molar-refractivity contribution in [1.82, 2.24) is 25.6 Å². The average Bonchev–Trinajstić information content (AvgIpc) is 3.29. The predicted molar refractivity (Wildman–Crippen MR) is 104 cm³/mol. The first-order valence-corrected chi connectivity index (χ1v) is 9.68. The second kappa shape index (κ2) is 7.40. The van der Waals surface area contributed by atoms with E-state index in [0.717, 1.165) is 20.1 Å². The Hall–Kier alpha value is -2.49. The maximum atomic E-state index is 12.2. The summed E-state index contributed by atoms with van der Waals surface area (Å²) >= 11 is 8.91. The van der Waals surface area contributed by atoms with Crippen LogP contribution in [0.25, 0.3) is 21.6 Å². The number of hydrogen-bond donors (Lipinski definition) is 2. The van der Waals surface area contributed by atoms with Crippen LogP contribution in [0.2, 0.25) is 5.02 Å². The summed E-state index contributed by atoms with van der Waals surface area (Å²) in [5.41, 5.74) is 2.29. The van der Waals surface area contributed by atoms with Crippen molar-refractivity contribution in [2.45, 2.75) is 4.34 Å². The molecule has 2 N–H and O–H groups in total. The van der Waals surface area contributed by atoms with Crippen molar-refractivity contribution >= 4 is 56.5 Å². The van der Waals surface area contributed by atoms with Gasteiger partial charge in [0.05, 0.1) is 16.0 Å². The summed E-state index contributed by atoms with van der Waals surface area (Å²) in [5.74, 6) is 0.626. The van der Waals surface area contributed by atoms with E-state index in [0.29, 0.717) is 16.5 Å². The number of aromatic amines is 1. The molecule has 2 heterocycles. The van der Waals surface area contributed by atoms with E-state index in [1.165, 1.54) is 11.8 Å². The van der Waals surface area contributed by atoms with E-state index in [-0.39, 0.29) is 11.7 Å². The molecule has 0 aliphatic heterocycles. The number of thiazole rings is 1. The number of hydrogen-bond acceptors (Lipinski definition) is 7. The molecular formula is C16H11ClN6OS2. The second-order valence-electron chi connectivity index (χ2n) is 5.24. The molecule has 0 atom stereocenters. The van der Waals surface area contributed by atoms with Gasteiger partial charge in [0.15, 0.2) is 4.34 Å². The molecule has 0 spiro atoms. The second-order valence-corrected chi connectivity index (χ2v) is 7.93. The number of fused-ring (bicyclic) bond motifs is 1. The molecule has 0 unspecified atom stereocenters. The number of H-pyrrole nitrogens is 1. The summed E-state index contributed by atoms with van der Waals surface area (Å²) in [6, 6.07) is 12.9. The number of benzene rings is 2. The highest BCUT2D eigenvalue weighted by Crippen LogP contribution is 2.31. The number of carbonyl (C=O) groups excluding carboxylic acids is 1. The third-order valence-corrected chi connectivity index (χ3v) is 5.82. The quantitative estimate of drug-likeness (QED) is 0.492. The van der Waals surface area contributed by atoms with Gasteiger partial charge in [-0.2, -0.15) is 5.21 Å². The predicted octanol–water partition coefficient (Wildman–Crippen LogP) is 3.86. The van der Waals surface area contributed by atoms with E-state index in [1.54, 1.807) is 17.4 Å². The lowest BCUT2D eigenvalue weighted by atomic mass is 10.2. The van der Waals surface area contributed by atoms with Crippen LogP contribution in [0, 0.1) is 0 Å². The van der Waals surface area contributed by atoms with Gasteiger partial charge in [0.1, 0.15) is 0 Å². The van der Waals surface area contributed by atoms with Gasteiger partial charge in [0.2, 0.25) is 11.7 Å². The molecule has 0 radical (unpaired) electrons. The van der Waals surface area contributed by atoms with Crippen LogP contribution in [-0.2, 0) is 4.79 Å². The molecule has 0 bridgehead atoms. The summed E-state index contributed by atoms with van der Waals surface area (Å²) in [7, 11) is 0. The summed E-state index contributed by atoms with van der Waals surface area (Å²) in [5, 5.41) is 17.3. The minimum Gasteiger partial charge on any atom is -0.325 e. The lowest BCUT2D eigenvalue weighted by Gasteiger charge is -2.05. The molecule has 4 aromatic rings. The first-order chi connectivity index (χ1) is 12.7. The Morgan fingerprint density at radius 2 is 2.19 bits per heavy atom. The molecule has 0 saturated heterocycles. The first-order valence-electron chi connectivity index (χ1n) is 7.50. The highest BCUT2D eigenvalue weighted by Gasteiger charge is 2.10. The Bertz CT molecular complexity index is 1070. The molecule has 130 valence electrons. The Morgan fingerprint density at radius 3 is 3.04 bits per heavy atom. The average molecular weight is 403 g/mol. The number of nitrogens with zero attached hydrogens (tertiary/aromatic N) is 4. The number of anilines is 1. The largest absolute Gasteiger partial charge is 0.325 e. The zero-order valence-electron chi connectivity index (χ0n) is 13.1. The van der Waals surface area contributed by atoms with Gasteiger partial charge in [-0.1, -0.05) is 35.5 Å². The third kappa shape index (κ3) is 3.85. The normalized spacial score (nSPS) is 11.0. The summed E-state index contributed by atoms with van der Waals surface area (Å²) < 4.78 is 1.88. The van der Waals surface area contributed by atoms with Gasteiger partial charge in [0.25, 0.3) is 0 Å². The fraction of sp³-hybridized carbons (Fsp3) is 0.0625. The Morgan fingerprint density at radius 1 is 1.27 bits per heavy atom. The van der Waals surface area contributed by atoms with Crippen molar-refractivity contribution in [2.24, 2.45) is 0 Å². The van der Waals surface area contributed by atoms with Crippen molar-refractivity contribution in [1.29, 1.82) is 0 Å². The van der Waals surface area contributed by atoms with Crippen molar-refractivity contribution in [2.75, 3.05) is 11.1 Å². The number of rotatable bonds is 5. The number of halogens is 1. The van der Waals surface area contributed by atoms with E-state index in [4.69, 9.17) is 11.6 Å². The molecule has 0 saturated carbocycles. The van der Waals surface area contributed by atoms with Gasteiger partial charge in [-0.15, -0.1) is 21.5 Å². The number of amides is 1. The maximum Gasteiger partial charge on any atom is 0.234 e. The number of aromatic nitrogens is 5. The lowest BCUT2D eigenvalue weighted by molar-refractivity contribution is -0.113. The Balaban J connectivity index is 1.40. The molecule has 4 rings (SSSR count). The van der Waals surface area contributed by atoms with Crippen LogP contribution in [0.3, 0.4) is 0 Å². The van der Waals surface area contributed by atoms with E-state index in [2.05, 4.69) is 30.9 Å². The van der Waals surface area contributed by atoms with Gasteiger partial charge in [-0.05, 0) is 35.5 Å². The fourth-order valence-electron chi connectivity index (χ4n) is 2.29. The topological polar surface area (TPSA) is 96.5 Å². The SMILES string of the molecule is O=C(CSc1nc2cc(Cl)ccc2s1)Nc1cccc(-c2nn[nH]n2)c1. The highest BCUT2D eigenvalue weighted by atomic mass is 35.5. The highest BCUT2D eigenvalue weighted by molar-refractivity contribution is 8.01. The van der Waals surface area contributed by atoms with Crippen LogP contribution in [0.5, 0.6) is 0 Å². The van der Waals surface area contributed by atoms with Crippen LogP contribution in [-0.4, -0.2) is 37.3 Å². The van der Waals surface area contributed by atoms with Crippen LogP contribution in [0.1, 0.15) is 0 Å². The maximum absolute atomic E-state index is 12.2. The summed E-state index contributed by atoms with van der Waals surface area (Å²) in [6.07, 6.45) is 0. The molecule has 0 aliphatic rings. The lowest BCUT2D eigenvalue weighted by Crippen LogP contribution is -2.13. The molecule has 1 amide bonds.